The summed E-state index contributed by atoms with van der Waals surface area (Å²) >= 11 is 0. The van der Waals surface area contributed by atoms with Crippen LogP contribution in [0.2, 0.25) is 0 Å². The molecule has 4 rings (SSSR count). The second kappa shape index (κ2) is 5.63. The lowest BCUT2D eigenvalue weighted by molar-refractivity contribution is -0.0989. The van der Waals surface area contributed by atoms with Gasteiger partial charge in [-0.15, -0.1) is 6.42 Å². The fraction of sp³-hybridized carbons (Fsp3) is 0.762. The molecule has 0 heterocycles. The van der Waals surface area contributed by atoms with Crippen LogP contribution in [0.4, 0.5) is 0 Å². The molecule has 0 aromatic rings. The zero-order valence-corrected chi connectivity index (χ0v) is 14.7. The topological polar surface area (TPSA) is 52.8 Å². The highest BCUT2D eigenvalue weighted by molar-refractivity contribution is 5.96. The maximum Gasteiger partial charge on any atom is 0.131 e. The van der Waals surface area contributed by atoms with E-state index in [1.54, 1.807) is 0 Å². The van der Waals surface area contributed by atoms with E-state index in [4.69, 9.17) is 11.6 Å². The van der Waals surface area contributed by atoms with Gasteiger partial charge in [-0.1, -0.05) is 23.6 Å². The Morgan fingerprint density at radius 2 is 2.04 bits per heavy atom. The van der Waals surface area contributed by atoms with Gasteiger partial charge in [0, 0.05) is 5.41 Å². The largest absolute Gasteiger partial charge is 0.411 e. The minimum Gasteiger partial charge on any atom is -0.411 e. The predicted molar refractivity (Wildman–Crippen MR) is 94.7 cm³/mol. The zero-order chi connectivity index (χ0) is 16.9. The van der Waals surface area contributed by atoms with Crippen molar-refractivity contribution in [3.63, 3.8) is 0 Å². The lowest BCUT2D eigenvalue weighted by Crippen LogP contribution is -2.53. The summed E-state index contributed by atoms with van der Waals surface area (Å²) in [4.78, 5) is 0. The van der Waals surface area contributed by atoms with Gasteiger partial charge in [-0.25, -0.2) is 0 Å². The number of oxime groups is 1. The zero-order valence-electron chi connectivity index (χ0n) is 14.7. The number of nitrogens with zero attached hydrogens (tertiary/aromatic N) is 1. The molecule has 3 fully saturated rings. The molecule has 0 amide bonds. The lowest BCUT2D eigenvalue weighted by atomic mass is 9.49. The van der Waals surface area contributed by atoms with E-state index in [9.17, 15) is 5.11 Å². The van der Waals surface area contributed by atoms with Crippen LogP contribution in [0.1, 0.15) is 64.7 Å². The van der Waals surface area contributed by atoms with E-state index in [-0.39, 0.29) is 5.41 Å². The van der Waals surface area contributed by atoms with Crippen LogP contribution in [0, 0.1) is 41.4 Å². The van der Waals surface area contributed by atoms with E-state index in [0.717, 1.165) is 56.6 Å². The molecule has 0 aromatic heterocycles. The van der Waals surface area contributed by atoms with Crippen LogP contribution in [0.25, 0.3) is 0 Å². The first-order chi connectivity index (χ1) is 11.6. The van der Waals surface area contributed by atoms with Crippen molar-refractivity contribution in [3.05, 3.63) is 11.6 Å². The molecule has 4 aliphatic rings. The number of allylic oxidation sites excluding steroid dienone is 2. The van der Waals surface area contributed by atoms with Gasteiger partial charge in [0.15, 0.2) is 0 Å². The van der Waals surface area contributed by atoms with Crippen molar-refractivity contribution in [1.82, 2.24) is 0 Å². The number of terminal acetylenes is 1. The Morgan fingerprint density at radius 1 is 1.21 bits per heavy atom. The Morgan fingerprint density at radius 3 is 2.75 bits per heavy atom. The van der Waals surface area contributed by atoms with Crippen LogP contribution in [-0.4, -0.2) is 21.6 Å². The molecule has 3 nitrogen and oxygen atoms in total. The molecule has 0 saturated heterocycles. The van der Waals surface area contributed by atoms with Gasteiger partial charge < -0.3 is 10.3 Å². The fourth-order valence-electron chi connectivity index (χ4n) is 7.05. The highest BCUT2D eigenvalue weighted by Gasteiger charge is 2.63. The molecule has 0 spiro atoms. The molecule has 0 unspecified atom stereocenters. The third-order valence-corrected chi connectivity index (χ3v) is 8.16. The molecule has 130 valence electrons. The van der Waals surface area contributed by atoms with Gasteiger partial charge in [-0.3, -0.25) is 0 Å². The Bertz CT molecular complexity index is 630. The van der Waals surface area contributed by atoms with E-state index >= 15 is 0 Å². The van der Waals surface area contributed by atoms with Crippen molar-refractivity contribution in [2.75, 3.05) is 0 Å². The SMILES string of the molecule is C#C[C@@]1(O)CC[C@H]2[C@@H]3CCC4=C/C(=N\O)CC[C@@H]4[C@H]3CC[C@@]21CC. The van der Waals surface area contributed by atoms with Gasteiger partial charge >= 0.3 is 0 Å². The molecule has 6 atom stereocenters. The van der Waals surface area contributed by atoms with Gasteiger partial charge in [0.05, 0.1) is 5.71 Å². The van der Waals surface area contributed by atoms with E-state index < -0.39 is 5.60 Å². The van der Waals surface area contributed by atoms with Gasteiger partial charge in [-0.05, 0) is 87.5 Å². The van der Waals surface area contributed by atoms with Crippen molar-refractivity contribution in [2.45, 2.75) is 70.3 Å². The maximum atomic E-state index is 11.1. The maximum absolute atomic E-state index is 11.1. The fourth-order valence-corrected chi connectivity index (χ4v) is 7.05. The van der Waals surface area contributed by atoms with Crippen molar-refractivity contribution in [3.8, 4) is 12.3 Å². The van der Waals surface area contributed by atoms with Crippen molar-refractivity contribution in [1.29, 1.82) is 0 Å². The van der Waals surface area contributed by atoms with Gasteiger partial charge in [0.2, 0.25) is 0 Å². The van der Waals surface area contributed by atoms with Gasteiger partial charge in [0.1, 0.15) is 5.60 Å². The average Bonchev–Trinajstić information content (AvgIpc) is 2.94. The summed E-state index contributed by atoms with van der Waals surface area (Å²) in [6.07, 6.45) is 17.4. The third kappa shape index (κ3) is 1.99. The first-order valence-corrected chi connectivity index (χ1v) is 9.70. The van der Waals surface area contributed by atoms with Crippen LogP contribution in [0.3, 0.4) is 0 Å². The molecule has 24 heavy (non-hydrogen) atoms. The van der Waals surface area contributed by atoms with Crippen molar-refractivity contribution >= 4 is 5.71 Å². The molecular weight excluding hydrogens is 298 g/mol. The van der Waals surface area contributed by atoms with Crippen LogP contribution < -0.4 is 0 Å². The van der Waals surface area contributed by atoms with Gasteiger partial charge in [-0.2, -0.15) is 0 Å². The molecule has 0 bridgehead atoms. The highest BCUT2D eigenvalue weighted by atomic mass is 16.4. The molecule has 2 N–H and O–H groups in total. The van der Waals surface area contributed by atoms with Crippen molar-refractivity contribution in [2.24, 2.45) is 34.2 Å². The number of fused-ring (bicyclic) bond motifs is 5. The monoisotopic (exact) mass is 327 g/mol. The minimum atomic E-state index is -0.892. The molecular formula is C21H29NO2. The summed E-state index contributed by atoms with van der Waals surface area (Å²) in [5.41, 5.74) is 1.40. The van der Waals surface area contributed by atoms with Crippen LogP contribution in [-0.2, 0) is 0 Å². The standard InChI is InChI=1S/C21H29NO2/c1-3-20-11-9-17-16-8-6-15(22-24)13-14(16)5-7-18(17)19(20)10-12-21(20,23)4-2/h2,13,16-19,23-24H,3,5-12H2,1H3/b22-15-/t16-,17+,18+,19-,20-,21+/m0/s1. The number of rotatable bonds is 1. The Kier molecular flexibility index (Phi) is 3.80. The normalized spacial score (nSPS) is 48.9. The second-order valence-electron chi connectivity index (χ2n) is 8.52. The van der Waals surface area contributed by atoms with E-state index in [2.05, 4.69) is 24.1 Å². The predicted octanol–water partition coefficient (Wildman–Crippen LogP) is 4.14. The lowest BCUT2D eigenvalue weighted by Gasteiger charge is -2.56. The first-order valence-electron chi connectivity index (χ1n) is 9.70. The van der Waals surface area contributed by atoms with E-state index in [0.29, 0.717) is 17.8 Å². The summed E-state index contributed by atoms with van der Waals surface area (Å²) < 4.78 is 0. The van der Waals surface area contributed by atoms with Crippen LogP contribution in [0.5, 0.6) is 0 Å². The second-order valence-corrected chi connectivity index (χ2v) is 8.52. The van der Waals surface area contributed by atoms with Gasteiger partial charge in [0.25, 0.3) is 0 Å². The third-order valence-electron chi connectivity index (χ3n) is 8.16. The van der Waals surface area contributed by atoms with E-state index in [1.165, 1.54) is 18.4 Å². The molecule has 0 aromatic carbocycles. The summed E-state index contributed by atoms with van der Waals surface area (Å²) in [5, 5.41) is 23.7. The Hall–Kier alpha value is -1.27. The Labute approximate surface area is 145 Å². The van der Waals surface area contributed by atoms with E-state index in [1.807, 2.05) is 0 Å². The van der Waals surface area contributed by atoms with Crippen LogP contribution in [0.15, 0.2) is 16.8 Å². The smallest absolute Gasteiger partial charge is 0.131 e. The number of hydrogen-bond acceptors (Lipinski definition) is 3. The summed E-state index contributed by atoms with van der Waals surface area (Å²) in [7, 11) is 0. The molecule has 3 saturated carbocycles. The highest BCUT2D eigenvalue weighted by Crippen LogP contribution is 2.66. The molecule has 0 aliphatic heterocycles. The molecule has 0 radical (unpaired) electrons. The first kappa shape index (κ1) is 16.2. The molecule has 4 aliphatic carbocycles. The molecule has 3 heteroatoms. The van der Waals surface area contributed by atoms with Crippen molar-refractivity contribution < 1.29 is 10.3 Å². The number of aliphatic hydroxyl groups is 1. The number of hydrogen-bond donors (Lipinski definition) is 2. The summed E-state index contributed by atoms with van der Waals surface area (Å²) in [5.74, 6) is 5.47. The quantitative estimate of drug-likeness (QED) is 0.432. The minimum absolute atomic E-state index is 0.0590. The average molecular weight is 327 g/mol. The van der Waals surface area contributed by atoms with Crippen LogP contribution >= 0.6 is 0 Å². The Balaban J connectivity index is 1.65. The summed E-state index contributed by atoms with van der Waals surface area (Å²) in [6.45, 7) is 2.22. The summed E-state index contributed by atoms with van der Waals surface area (Å²) in [6, 6.07) is 0.